The Morgan fingerprint density at radius 2 is 2.15 bits per heavy atom. The first-order valence-corrected chi connectivity index (χ1v) is 7.29. The van der Waals surface area contributed by atoms with Crippen LogP contribution in [0, 0.1) is 0 Å². The topological polar surface area (TPSA) is 76.0 Å². The van der Waals surface area contributed by atoms with Crippen LogP contribution >= 0.6 is 0 Å². The van der Waals surface area contributed by atoms with Crippen molar-refractivity contribution < 1.29 is 4.79 Å². The summed E-state index contributed by atoms with van der Waals surface area (Å²) in [6, 6.07) is 1.72. The Morgan fingerprint density at radius 1 is 1.40 bits per heavy atom. The number of rotatable bonds is 5. The maximum absolute atomic E-state index is 11.9. The monoisotopic (exact) mass is 278 g/mol. The van der Waals surface area contributed by atoms with Gasteiger partial charge < -0.3 is 10.6 Å². The summed E-state index contributed by atoms with van der Waals surface area (Å²) in [4.78, 5) is 23.7. The zero-order valence-electron chi connectivity index (χ0n) is 11.9. The summed E-state index contributed by atoms with van der Waals surface area (Å²) < 4.78 is 1.19. The van der Waals surface area contributed by atoms with Gasteiger partial charge in [-0.25, -0.2) is 4.68 Å². The van der Waals surface area contributed by atoms with E-state index in [0.717, 1.165) is 19.4 Å². The SMILES string of the molecule is CCNc1cnn(CC(=O)NC2CCCCC2)c(=O)c1. The van der Waals surface area contributed by atoms with E-state index in [9.17, 15) is 9.59 Å². The summed E-state index contributed by atoms with van der Waals surface area (Å²) in [5.41, 5.74) is 0.420. The normalized spacial score (nSPS) is 15.8. The van der Waals surface area contributed by atoms with Gasteiger partial charge in [0, 0.05) is 18.7 Å². The van der Waals surface area contributed by atoms with E-state index < -0.39 is 0 Å². The standard InChI is InChI=1S/C14H22N4O2/c1-2-15-12-8-14(20)18(16-9-12)10-13(19)17-11-6-4-3-5-7-11/h8-9,11,15H,2-7,10H2,1H3,(H,17,19). The fourth-order valence-corrected chi connectivity index (χ4v) is 2.51. The Labute approximate surface area is 118 Å². The molecule has 1 aromatic heterocycles. The molecule has 1 aliphatic carbocycles. The molecule has 1 heterocycles. The molecule has 0 saturated heterocycles. The molecule has 0 aromatic carbocycles. The lowest BCUT2D eigenvalue weighted by molar-refractivity contribution is -0.122. The Hall–Kier alpha value is -1.85. The van der Waals surface area contributed by atoms with Crippen LogP contribution in [0.25, 0.3) is 0 Å². The minimum atomic E-state index is -0.262. The second-order valence-electron chi connectivity index (χ2n) is 5.17. The highest BCUT2D eigenvalue weighted by Gasteiger charge is 2.16. The third-order valence-corrected chi connectivity index (χ3v) is 3.51. The maximum Gasteiger partial charge on any atom is 0.269 e. The lowest BCUT2D eigenvalue weighted by Gasteiger charge is -2.22. The number of hydrogen-bond donors (Lipinski definition) is 2. The molecule has 0 aliphatic heterocycles. The minimum Gasteiger partial charge on any atom is -0.384 e. The van der Waals surface area contributed by atoms with Crippen molar-refractivity contribution in [2.45, 2.75) is 51.6 Å². The second kappa shape index (κ2) is 7.07. The number of anilines is 1. The molecule has 1 aromatic rings. The van der Waals surface area contributed by atoms with Crippen LogP contribution in [0.3, 0.4) is 0 Å². The highest BCUT2D eigenvalue weighted by Crippen LogP contribution is 2.17. The third-order valence-electron chi connectivity index (χ3n) is 3.51. The van der Waals surface area contributed by atoms with Crippen LogP contribution in [0.2, 0.25) is 0 Å². The number of hydrogen-bond acceptors (Lipinski definition) is 4. The lowest BCUT2D eigenvalue weighted by Crippen LogP contribution is -2.40. The van der Waals surface area contributed by atoms with Crippen LogP contribution in [0.5, 0.6) is 0 Å². The molecule has 6 heteroatoms. The van der Waals surface area contributed by atoms with Crippen LogP contribution in [0.4, 0.5) is 5.69 Å². The van der Waals surface area contributed by atoms with E-state index in [1.165, 1.54) is 30.0 Å². The average molecular weight is 278 g/mol. The van der Waals surface area contributed by atoms with E-state index in [2.05, 4.69) is 15.7 Å². The van der Waals surface area contributed by atoms with Gasteiger partial charge in [0.05, 0.1) is 11.9 Å². The molecular weight excluding hydrogens is 256 g/mol. The second-order valence-corrected chi connectivity index (χ2v) is 5.17. The van der Waals surface area contributed by atoms with Crippen molar-refractivity contribution in [3.8, 4) is 0 Å². The van der Waals surface area contributed by atoms with Crippen molar-refractivity contribution in [2.24, 2.45) is 0 Å². The number of nitrogens with zero attached hydrogens (tertiary/aromatic N) is 2. The molecule has 0 radical (unpaired) electrons. The van der Waals surface area contributed by atoms with Crippen LogP contribution in [0.15, 0.2) is 17.1 Å². The molecule has 2 N–H and O–H groups in total. The number of carbonyl (C=O) groups is 1. The van der Waals surface area contributed by atoms with Crippen molar-refractivity contribution in [2.75, 3.05) is 11.9 Å². The molecule has 0 spiro atoms. The van der Waals surface area contributed by atoms with Crippen LogP contribution in [-0.2, 0) is 11.3 Å². The molecule has 0 atom stereocenters. The average Bonchev–Trinajstić information content (AvgIpc) is 2.43. The lowest BCUT2D eigenvalue weighted by atomic mass is 9.95. The van der Waals surface area contributed by atoms with Crippen molar-refractivity contribution in [3.63, 3.8) is 0 Å². The largest absolute Gasteiger partial charge is 0.384 e. The van der Waals surface area contributed by atoms with Crippen LogP contribution < -0.4 is 16.2 Å². The Bertz CT molecular complexity index is 506. The van der Waals surface area contributed by atoms with Crippen molar-refractivity contribution in [1.82, 2.24) is 15.1 Å². The molecular formula is C14H22N4O2. The molecule has 0 bridgehead atoms. The van der Waals surface area contributed by atoms with Gasteiger partial charge in [0.15, 0.2) is 0 Å². The highest BCUT2D eigenvalue weighted by atomic mass is 16.2. The zero-order valence-corrected chi connectivity index (χ0v) is 11.9. The molecule has 1 aliphatic rings. The Morgan fingerprint density at radius 3 is 2.80 bits per heavy atom. The van der Waals surface area contributed by atoms with Gasteiger partial charge >= 0.3 is 0 Å². The van der Waals surface area contributed by atoms with Crippen molar-refractivity contribution in [3.05, 3.63) is 22.6 Å². The summed E-state index contributed by atoms with van der Waals surface area (Å²) in [7, 11) is 0. The molecule has 20 heavy (non-hydrogen) atoms. The first kappa shape index (κ1) is 14.6. The molecule has 0 unspecified atom stereocenters. The van der Waals surface area contributed by atoms with Gasteiger partial charge in [0.2, 0.25) is 5.91 Å². The van der Waals surface area contributed by atoms with Gasteiger partial charge in [-0.3, -0.25) is 9.59 Å². The zero-order chi connectivity index (χ0) is 14.4. The maximum atomic E-state index is 11.9. The van der Waals surface area contributed by atoms with E-state index in [0.29, 0.717) is 5.69 Å². The van der Waals surface area contributed by atoms with Crippen LogP contribution in [-0.4, -0.2) is 28.3 Å². The third kappa shape index (κ3) is 4.08. The van der Waals surface area contributed by atoms with E-state index in [4.69, 9.17) is 0 Å². The summed E-state index contributed by atoms with van der Waals surface area (Å²) in [6.07, 6.45) is 7.22. The first-order chi connectivity index (χ1) is 9.69. The fourth-order valence-electron chi connectivity index (χ4n) is 2.51. The Balaban J connectivity index is 1.91. The molecule has 1 fully saturated rings. The summed E-state index contributed by atoms with van der Waals surface area (Å²) in [5, 5.41) is 10.0. The van der Waals surface area contributed by atoms with Crippen molar-refractivity contribution in [1.29, 1.82) is 0 Å². The quantitative estimate of drug-likeness (QED) is 0.846. The number of carbonyl (C=O) groups excluding carboxylic acids is 1. The number of nitrogens with one attached hydrogen (secondary N) is 2. The van der Waals surface area contributed by atoms with Crippen LogP contribution in [0.1, 0.15) is 39.0 Å². The smallest absolute Gasteiger partial charge is 0.269 e. The van der Waals surface area contributed by atoms with Gasteiger partial charge in [-0.1, -0.05) is 19.3 Å². The first-order valence-electron chi connectivity index (χ1n) is 7.29. The van der Waals surface area contributed by atoms with Gasteiger partial charge in [0.1, 0.15) is 6.54 Å². The summed E-state index contributed by atoms with van der Waals surface area (Å²) in [6.45, 7) is 2.66. The fraction of sp³-hybridized carbons (Fsp3) is 0.643. The summed E-state index contributed by atoms with van der Waals surface area (Å²) >= 11 is 0. The van der Waals surface area contributed by atoms with E-state index >= 15 is 0 Å². The van der Waals surface area contributed by atoms with E-state index in [1.54, 1.807) is 6.20 Å². The summed E-state index contributed by atoms with van der Waals surface area (Å²) in [5.74, 6) is -0.136. The van der Waals surface area contributed by atoms with E-state index in [1.807, 2.05) is 6.92 Å². The predicted molar refractivity (Wildman–Crippen MR) is 77.7 cm³/mol. The van der Waals surface area contributed by atoms with E-state index in [-0.39, 0.29) is 24.1 Å². The molecule has 1 saturated carbocycles. The highest BCUT2D eigenvalue weighted by molar-refractivity contribution is 5.75. The number of aromatic nitrogens is 2. The molecule has 1 amide bonds. The molecule has 110 valence electrons. The number of amides is 1. The van der Waals surface area contributed by atoms with Gasteiger partial charge in [0.25, 0.3) is 5.56 Å². The van der Waals surface area contributed by atoms with Gasteiger partial charge in [-0.15, -0.1) is 0 Å². The predicted octanol–water partition coefficient (Wildman–Crippen LogP) is 1.12. The molecule has 2 rings (SSSR count). The molecule has 6 nitrogen and oxygen atoms in total. The van der Waals surface area contributed by atoms with Gasteiger partial charge in [-0.2, -0.15) is 5.10 Å². The van der Waals surface area contributed by atoms with Gasteiger partial charge in [-0.05, 0) is 19.8 Å². The minimum absolute atomic E-state index is 0.0122. The Kier molecular flexibility index (Phi) is 5.15. The van der Waals surface area contributed by atoms with Crippen molar-refractivity contribution >= 4 is 11.6 Å².